The van der Waals surface area contributed by atoms with Crippen molar-refractivity contribution in [2.24, 2.45) is 0 Å². The lowest BCUT2D eigenvalue weighted by Gasteiger charge is -1.98. The summed E-state index contributed by atoms with van der Waals surface area (Å²) >= 11 is 3.41. The van der Waals surface area contributed by atoms with E-state index >= 15 is 0 Å². The number of hydrogen-bond acceptors (Lipinski definition) is 2. The van der Waals surface area contributed by atoms with E-state index in [-0.39, 0.29) is 5.97 Å². The van der Waals surface area contributed by atoms with Crippen LogP contribution in [0.2, 0.25) is 0 Å². The molecule has 86 valence electrons. The Labute approximate surface area is 104 Å². The van der Waals surface area contributed by atoms with Crippen LogP contribution in [0.1, 0.15) is 25.3 Å². The van der Waals surface area contributed by atoms with Gasteiger partial charge in [-0.1, -0.05) is 40.2 Å². The molecule has 0 aliphatic rings. The molecule has 0 aliphatic heterocycles. The molecule has 16 heavy (non-hydrogen) atoms. The second-order valence-corrected chi connectivity index (χ2v) is 4.22. The molecule has 0 bridgehead atoms. The fourth-order valence-corrected chi connectivity index (χ4v) is 1.68. The van der Waals surface area contributed by atoms with E-state index in [4.69, 9.17) is 4.74 Å². The molecule has 0 radical (unpaired) electrons. The molecule has 1 rings (SSSR count). The van der Waals surface area contributed by atoms with Crippen LogP contribution in [0.25, 0.3) is 6.08 Å². The molecular weight excluding hydrogens is 268 g/mol. The molecule has 0 amide bonds. The van der Waals surface area contributed by atoms with Gasteiger partial charge >= 0.3 is 5.97 Å². The van der Waals surface area contributed by atoms with Gasteiger partial charge in [-0.15, -0.1) is 0 Å². The van der Waals surface area contributed by atoms with Gasteiger partial charge in [0.25, 0.3) is 0 Å². The summed E-state index contributed by atoms with van der Waals surface area (Å²) < 4.78 is 5.89. The summed E-state index contributed by atoms with van der Waals surface area (Å²) in [5.74, 6) is -0.138. The third-order valence-corrected chi connectivity index (χ3v) is 2.47. The molecule has 1 aromatic carbocycles. The normalized spacial score (nSPS) is 10.6. The first-order valence-corrected chi connectivity index (χ1v) is 6.09. The van der Waals surface area contributed by atoms with Crippen molar-refractivity contribution in [3.63, 3.8) is 0 Å². The van der Waals surface area contributed by atoms with Crippen LogP contribution in [0, 0.1) is 0 Å². The highest BCUT2D eigenvalue weighted by atomic mass is 79.9. The van der Waals surface area contributed by atoms with E-state index in [1.165, 1.54) is 0 Å². The number of carbonyl (C=O) groups excluding carboxylic acids is 1. The van der Waals surface area contributed by atoms with Crippen molar-refractivity contribution in [2.75, 3.05) is 6.61 Å². The van der Waals surface area contributed by atoms with Gasteiger partial charge in [0, 0.05) is 10.9 Å². The molecule has 0 fully saturated rings. The van der Waals surface area contributed by atoms with Gasteiger partial charge in [0.2, 0.25) is 0 Å². The number of carbonyl (C=O) groups is 1. The Hall–Kier alpha value is -1.09. The molecule has 0 aliphatic carbocycles. The zero-order valence-corrected chi connectivity index (χ0v) is 10.9. The lowest BCUT2D eigenvalue weighted by Crippen LogP contribution is -2.02. The number of hydrogen-bond donors (Lipinski definition) is 0. The second-order valence-electron chi connectivity index (χ2n) is 3.30. The van der Waals surface area contributed by atoms with Gasteiger partial charge in [-0.3, -0.25) is 4.79 Å². The third kappa shape index (κ3) is 5.12. The van der Waals surface area contributed by atoms with E-state index in [1.807, 2.05) is 43.3 Å². The maximum atomic E-state index is 11.0. The van der Waals surface area contributed by atoms with Crippen LogP contribution in [-0.4, -0.2) is 12.6 Å². The van der Waals surface area contributed by atoms with E-state index in [0.717, 1.165) is 10.0 Å². The second kappa shape index (κ2) is 7.23. The maximum Gasteiger partial charge on any atom is 0.306 e. The Morgan fingerprint density at radius 3 is 3.00 bits per heavy atom. The molecule has 0 saturated heterocycles. The monoisotopic (exact) mass is 282 g/mol. The summed E-state index contributed by atoms with van der Waals surface area (Å²) in [6.07, 6.45) is 5.15. The predicted octanol–water partition coefficient (Wildman–Crippen LogP) is 3.81. The van der Waals surface area contributed by atoms with E-state index in [0.29, 0.717) is 19.4 Å². The summed E-state index contributed by atoms with van der Waals surface area (Å²) in [6.45, 7) is 2.27. The first-order chi connectivity index (χ1) is 7.72. The quantitative estimate of drug-likeness (QED) is 0.768. The van der Waals surface area contributed by atoms with Crippen LogP contribution < -0.4 is 0 Å². The minimum absolute atomic E-state index is 0.138. The standard InChI is InChI=1S/C13H15BrO2/c1-2-16-13(15)9-4-3-6-11-7-5-8-12(14)10-11/h3,5-8,10H,2,4,9H2,1H3. The van der Waals surface area contributed by atoms with Gasteiger partial charge in [0.1, 0.15) is 0 Å². The molecule has 0 heterocycles. The van der Waals surface area contributed by atoms with Gasteiger partial charge in [0.05, 0.1) is 6.61 Å². The van der Waals surface area contributed by atoms with Crippen molar-refractivity contribution in [1.29, 1.82) is 0 Å². The maximum absolute atomic E-state index is 11.0. The van der Waals surface area contributed by atoms with Gasteiger partial charge in [0.15, 0.2) is 0 Å². The van der Waals surface area contributed by atoms with Crippen LogP contribution in [0.5, 0.6) is 0 Å². The van der Waals surface area contributed by atoms with E-state index in [1.54, 1.807) is 0 Å². The van der Waals surface area contributed by atoms with Crippen molar-refractivity contribution < 1.29 is 9.53 Å². The summed E-state index contributed by atoms with van der Waals surface area (Å²) in [6, 6.07) is 8.01. The van der Waals surface area contributed by atoms with E-state index in [9.17, 15) is 4.79 Å². The van der Waals surface area contributed by atoms with Crippen molar-refractivity contribution in [2.45, 2.75) is 19.8 Å². The van der Waals surface area contributed by atoms with Crippen molar-refractivity contribution in [3.05, 3.63) is 40.4 Å². The SMILES string of the molecule is CCOC(=O)CCC=Cc1cccc(Br)c1. The van der Waals surface area contributed by atoms with Gasteiger partial charge in [-0.25, -0.2) is 0 Å². The van der Waals surface area contributed by atoms with Gasteiger partial charge in [-0.05, 0) is 31.0 Å². The molecule has 1 aromatic rings. The fraction of sp³-hybridized carbons (Fsp3) is 0.308. The Balaban J connectivity index is 2.35. The molecule has 0 spiro atoms. The minimum Gasteiger partial charge on any atom is -0.466 e. The lowest BCUT2D eigenvalue weighted by molar-refractivity contribution is -0.142. The van der Waals surface area contributed by atoms with Crippen LogP contribution >= 0.6 is 15.9 Å². The summed E-state index contributed by atoms with van der Waals surface area (Å²) in [5, 5.41) is 0. The van der Waals surface area contributed by atoms with E-state index in [2.05, 4.69) is 15.9 Å². The zero-order chi connectivity index (χ0) is 11.8. The molecule has 0 unspecified atom stereocenters. The Bertz CT molecular complexity index is 372. The first-order valence-electron chi connectivity index (χ1n) is 5.30. The summed E-state index contributed by atoms with van der Waals surface area (Å²) in [4.78, 5) is 11.0. The highest BCUT2D eigenvalue weighted by Gasteiger charge is 1.97. The first kappa shape index (κ1) is 13.0. The largest absolute Gasteiger partial charge is 0.466 e. The average Bonchev–Trinajstić information content (AvgIpc) is 2.25. The average molecular weight is 283 g/mol. The van der Waals surface area contributed by atoms with E-state index < -0.39 is 0 Å². The highest BCUT2D eigenvalue weighted by molar-refractivity contribution is 9.10. The number of esters is 1. The smallest absolute Gasteiger partial charge is 0.306 e. The Kier molecular flexibility index (Phi) is 5.86. The zero-order valence-electron chi connectivity index (χ0n) is 9.28. The third-order valence-electron chi connectivity index (χ3n) is 1.98. The van der Waals surface area contributed by atoms with Crippen molar-refractivity contribution in [3.8, 4) is 0 Å². The number of benzene rings is 1. The molecular formula is C13H15BrO2. The van der Waals surface area contributed by atoms with Crippen LogP contribution in [0.15, 0.2) is 34.8 Å². The fourth-order valence-electron chi connectivity index (χ4n) is 1.26. The van der Waals surface area contributed by atoms with Crippen LogP contribution in [0.3, 0.4) is 0 Å². The molecule has 3 heteroatoms. The molecule has 2 nitrogen and oxygen atoms in total. The summed E-state index contributed by atoms with van der Waals surface area (Å²) in [7, 11) is 0. The van der Waals surface area contributed by atoms with Crippen molar-refractivity contribution in [1.82, 2.24) is 0 Å². The minimum atomic E-state index is -0.138. The predicted molar refractivity (Wildman–Crippen MR) is 69.0 cm³/mol. The molecule has 0 saturated carbocycles. The Morgan fingerprint density at radius 1 is 1.50 bits per heavy atom. The van der Waals surface area contributed by atoms with Gasteiger partial charge in [-0.2, -0.15) is 0 Å². The highest BCUT2D eigenvalue weighted by Crippen LogP contribution is 2.13. The topological polar surface area (TPSA) is 26.3 Å². The number of rotatable bonds is 5. The number of allylic oxidation sites excluding steroid dienone is 1. The summed E-state index contributed by atoms with van der Waals surface area (Å²) in [5.41, 5.74) is 1.12. The van der Waals surface area contributed by atoms with Crippen molar-refractivity contribution >= 4 is 28.0 Å². The van der Waals surface area contributed by atoms with Crippen LogP contribution in [0.4, 0.5) is 0 Å². The lowest BCUT2D eigenvalue weighted by atomic mass is 10.2. The van der Waals surface area contributed by atoms with Crippen LogP contribution in [-0.2, 0) is 9.53 Å². The molecule has 0 atom stereocenters. The molecule has 0 aromatic heterocycles. The Morgan fingerprint density at radius 2 is 2.31 bits per heavy atom. The number of ether oxygens (including phenoxy) is 1. The number of halogens is 1. The molecule has 0 N–H and O–H groups in total. The van der Waals surface area contributed by atoms with Gasteiger partial charge < -0.3 is 4.74 Å².